The number of hydrogen-bond acceptors (Lipinski definition) is 1. The normalized spacial score (nSPS) is 14.0. The zero-order valence-electron chi connectivity index (χ0n) is 7.35. The second-order valence-corrected chi connectivity index (χ2v) is 3.04. The van der Waals surface area contributed by atoms with E-state index in [1.807, 2.05) is 0 Å². The maximum absolute atomic E-state index is 12.6. The van der Waals surface area contributed by atoms with Gasteiger partial charge in [0.2, 0.25) is 0 Å². The standard InChI is InChI=1S/C9H7F5O/c10-6-1-5(2-7(11)4-6)3-8(15)9(12,13)14/h1-2,4,8,15H,3H2/t8-/m1/s1. The average molecular weight is 226 g/mol. The molecule has 0 spiro atoms. The van der Waals surface area contributed by atoms with Crippen LogP contribution in [0.25, 0.3) is 0 Å². The van der Waals surface area contributed by atoms with Crippen molar-refractivity contribution in [1.29, 1.82) is 0 Å². The summed E-state index contributed by atoms with van der Waals surface area (Å²) in [7, 11) is 0. The van der Waals surface area contributed by atoms with E-state index < -0.39 is 30.3 Å². The number of aliphatic hydroxyl groups excluding tert-OH is 1. The maximum Gasteiger partial charge on any atom is 0.414 e. The topological polar surface area (TPSA) is 20.2 Å². The van der Waals surface area contributed by atoms with Gasteiger partial charge in [-0.15, -0.1) is 0 Å². The third-order valence-corrected chi connectivity index (χ3v) is 1.73. The van der Waals surface area contributed by atoms with E-state index in [2.05, 4.69) is 0 Å². The Morgan fingerprint density at radius 3 is 1.93 bits per heavy atom. The van der Waals surface area contributed by atoms with E-state index in [0.29, 0.717) is 6.07 Å². The molecule has 0 unspecified atom stereocenters. The summed E-state index contributed by atoms with van der Waals surface area (Å²) < 4.78 is 60.8. The van der Waals surface area contributed by atoms with Gasteiger partial charge in [0.25, 0.3) is 0 Å². The maximum atomic E-state index is 12.6. The summed E-state index contributed by atoms with van der Waals surface area (Å²) in [6, 6.07) is 2.04. The molecule has 1 rings (SSSR count). The first-order chi connectivity index (χ1) is 6.79. The molecule has 0 amide bonds. The lowest BCUT2D eigenvalue weighted by molar-refractivity contribution is -0.203. The van der Waals surface area contributed by atoms with Gasteiger partial charge in [-0.3, -0.25) is 0 Å². The molecule has 0 bridgehead atoms. The van der Waals surface area contributed by atoms with E-state index >= 15 is 0 Å². The zero-order valence-corrected chi connectivity index (χ0v) is 7.35. The molecule has 84 valence electrons. The Balaban J connectivity index is 2.81. The first-order valence-corrected chi connectivity index (χ1v) is 3.99. The van der Waals surface area contributed by atoms with Gasteiger partial charge in [-0.05, 0) is 17.7 Å². The van der Waals surface area contributed by atoms with Crippen molar-refractivity contribution in [3.05, 3.63) is 35.4 Å². The van der Waals surface area contributed by atoms with Gasteiger partial charge in [0.05, 0.1) is 0 Å². The average Bonchev–Trinajstić information content (AvgIpc) is 1.99. The summed E-state index contributed by atoms with van der Waals surface area (Å²) in [4.78, 5) is 0. The summed E-state index contributed by atoms with van der Waals surface area (Å²) in [5, 5.41) is 8.65. The fraction of sp³-hybridized carbons (Fsp3) is 0.333. The van der Waals surface area contributed by atoms with Crippen molar-refractivity contribution >= 4 is 0 Å². The lowest BCUT2D eigenvalue weighted by Crippen LogP contribution is -2.30. The first-order valence-electron chi connectivity index (χ1n) is 3.99. The quantitative estimate of drug-likeness (QED) is 0.768. The molecule has 0 fully saturated rings. The molecule has 0 heterocycles. The van der Waals surface area contributed by atoms with Crippen LogP contribution in [0, 0.1) is 11.6 Å². The van der Waals surface area contributed by atoms with Crippen LogP contribution in [0.1, 0.15) is 5.56 Å². The minimum Gasteiger partial charge on any atom is -0.383 e. The zero-order chi connectivity index (χ0) is 11.6. The smallest absolute Gasteiger partial charge is 0.383 e. The van der Waals surface area contributed by atoms with Crippen LogP contribution in [0.5, 0.6) is 0 Å². The molecule has 0 radical (unpaired) electrons. The van der Waals surface area contributed by atoms with Gasteiger partial charge in [-0.2, -0.15) is 13.2 Å². The van der Waals surface area contributed by atoms with Crippen LogP contribution in [0.2, 0.25) is 0 Å². The first kappa shape index (κ1) is 11.9. The van der Waals surface area contributed by atoms with E-state index in [4.69, 9.17) is 5.11 Å². The molecule has 1 aromatic rings. The molecular formula is C9H7F5O. The second kappa shape index (κ2) is 4.14. The van der Waals surface area contributed by atoms with Gasteiger partial charge in [0.1, 0.15) is 11.6 Å². The van der Waals surface area contributed by atoms with Crippen LogP contribution in [-0.2, 0) is 6.42 Å². The van der Waals surface area contributed by atoms with Crippen molar-refractivity contribution in [2.75, 3.05) is 0 Å². The van der Waals surface area contributed by atoms with Crippen molar-refractivity contribution < 1.29 is 27.1 Å². The Kier molecular flexibility index (Phi) is 3.28. The monoisotopic (exact) mass is 226 g/mol. The molecule has 0 saturated heterocycles. The van der Waals surface area contributed by atoms with Crippen molar-refractivity contribution in [3.8, 4) is 0 Å². The summed E-state index contributed by atoms with van der Waals surface area (Å²) in [6.07, 6.45) is -8.26. The highest BCUT2D eigenvalue weighted by Gasteiger charge is 2.38. The number of rotatable bonds is 2. The van der Waals surface area contributed by atoms with E-state index in [1.54, 1.807) is 0 Å². The molecule has 15 heavy (non-hydrogen) atoms. The van der Waals surface area contributed by atoms with Crippen LogP contribution in [0.4, 0.5) is 22.0 Å². The Morgan fingerprint density at radius 1 is 1.07 bits per heavy atom. The van der Waals surface area contributed by atoms with E-state index in [0.717, 1.165) is 12.1 Å². The SMILES string of the molecule is O[C@H](Cc1cc(F)cc(F)c1)C(F)(F)F. The lowest BCUT2D eigenvalue weighted by atomic mass is 10.1. The molecule has 0 aliphatic carbocycles. The molecule has 1 N–H and O–H groups in total. The minimum atomic E-state index is -4.79. The van der Waals surface area contributed by atoms with Crippen LogP contribution >= 0.6 is 0 Å². The third kappa shape index (κ3) is 3.47. The number of alkyl halides is 3. The van der Waals surface area contributed by atoms with Gasteiger partial charge in [0.15, 0.2) is 6.10 Å². The predicted octanol–water partition coefficient (Wildman–Crippen LogP) is 2.43. The highest BCUT2D eigenvalue weighted by molar-refractivity contribution is 5.18. The number of benzene rings is 1. The third-order valence-electron chi connectivity index (χ3n) is 1.73. The van der Waals surface area contributed by atoms with Gasteiger partial charge >= 0.3 is 6.18 Å². The highest BCUT2D eigenvalue weighted by atomic mass is 19.4. The van der Waals surface area contributed by atoms with Gasteiger partial charge in [-0.25, -0.2) is 8.78 Å². The van der Waals surface area contributed by atoms with Crippen LogP contribution < -0.4 is 0 Å². The summed E-state index contributed by atoms with van der Waals surface area (Å²) in [5.74, 6) is -1.95. The van der Waals surface area contributed by atoms with Crippen molar-refractivity contribution in [2.45, 2.75) is 18.7 Å². The van der Waals surface area contributed by atoms with Gasteiger partial charge in [0, 0.05) is 12.5 Å². The molecule has 1 aromatic carbocycles. The molecule has 1 atom stereocenters. The molecule has 6 heteroatoms. The summed E-state index contributed by atoms with van der Waals surface area (Å²) in [5.41, 5.74) is -0.239. The minimum absolute atomic E-state index is 0.239. The van der Waals surface area contributed by atoms with E-state index in [-0.39, 0.29) is 5.56 Å². The Labute approximate surface area is 82.1 Å². The van der Waals surface area contributed by atoms with Crippen LogP contribution in [0.15, 0.2) is 18.2 Å². The van der Waals surface area contributed by atoms with Crippen molar-refractivity contribution in [3.63, 3.8) is 0 Å². The molecular weight excluding hydrogens is 219 g/mol. The highest BCUT2D eigenvalue weighted by Crippen LogP contribution is 2.23. The van der Waals surface area contributed by atoms with Crippen LogP contribution in [-0.4, -0.2) is 17.4 Å². The summed E-state index contributed by atoms with van der Waals surface area (Å²) >= 11 is 0. The Morgan fingerprint density at radius 2 is 1.53 bits per heavy atom. The Bertz CT molecular complexity index is 327. The van der Waals surface area contributed by atoms with E-state index in [9.17, 15) is 22.0 Å². The number of aliphatic hydroxyl groups is 1. The Hall–Kier alpha value is -1.17. The molecule has 0 saturated carbocycles. The molecule has 0 aliphatic rings. The largest absolute Gasteiger partial charge is 0.414 e. The predicted molar refractivity (Wildman–Crippen MR) is 42.1 cm³/mol. The fourth-order valence-electron chi connectivity index (χ4n) is 1.07. The molecule has 1 nitrogen and oxygen atoms in total. The van der Waals surface area contributed by atoms with Crippen LogP contribution in [0.3, 0.4) is 0 Å². The molecule has 0 aliphatic heterocycles. The van der Waals surface area contributed by atoms with E-state index in [1.165, 1.54) is 0 Å². The van der Waals surface area contributed by atoms with Crippen molar-refractivity contribution in [1.82, 2.24) is 0 Å². The van der Waals surface area contributed by atoms with Gasteiger partial charge in [-0.1, -0.05) is 0 Å². The summed E-state index contributed by atoms with van der Waals surface area (Å²) in [6.45, 7) is 0. The lowest BCUT2D eigenvalue weighted by Gasteiger charge is -2.14. The fourth-order valence-corrected chi connectivity index (χ4v) is 1.07. The number of halogens is 5. The number of hydrogen-bond donors (Lipinski definition) is 1. The second-order valence-electron chi connectivity index (χ2n) is 3.04. The van der Waals surface area contributed by atoms with Gasteiger partial charge < -0.3 is 5.11 Å². The molecule has 0 aromatic heterocycles. The van der Waals surface area contributed by atoms with Crippen molar-refractivity contribution in [2.24, 2.45) is 0 Å².